The molecule has 3 aromatic rings. The molecule has 2 aromatic carbocycles. The quantitative estimate of drug-likeness (QED) is 0.670. The number of fused-ring (bicyclic) bond motifs is 2. The van der Waals surface area contributed by atoms with Crippen LogP contribution < -0.4 is 10.6 Å². The van der Waals surface area contributed by atoms with Crippen LogP contribution in [0.2, 0.25) is 0 Å². The zero-order chi connectivity index (χ0) is 12.5. The van der Waals surface area contributed by atoms with Gasteiger partial charge in [0.25, 0.3) is 0 Å². The lowest BCUT2D eigenvalue weighted by molar-refractivity contribution is 1.44. The van der Waals surface area contributed by atoms with E-state index in [4.69, 9.17) is 4.98 Å². The van der Waals surface area contributed by atoms with Gasteiger partial charge >= 0.3 is 0 Å². The first kappa shape index (κ1) is 10.8. The minimum absolute atomic E-state index is 1.01. The fourth-order valence-corrected chi connectivity index (χ4v) is 2.33. The molecule has 1 aromatic heterocycles. The maximum absolute atomic E-state index is 4.69. The number of pyridine rings is 1. The summed E-state index contributed by atoms with van der Waals surface area (Å²) in [6, 6.07) is 14.5. The third-order valence-corrected chi connectivity index (χ3v) is 3.22. The first-order chi connectivity index (χ1) is 8.83. The van der Waals surface area contributed by atoms with Crippen molar-refractivity contribution < 1.29 is 0 Å². The van der Waals surface area contributed by atoms with Crippen molar-refractivity contribution >= 4 is 33.2 Å². The van der Waals surface area contributed by atoms with Crippen LogP contribution in [0.3, 0.4) is 0 Å². The number of nitrogens with one attached hydrogen (secondary N) is 2. The van der Waals surface area contributed by atoms with Crippen molar-refractivity contribution in [1.29, 1.82) is 0 Å². The SMILES string of the molecule is CNc1ccc2nc3ccccc3cc2c1NC. The summed E-state index contributed by atoms with van der Waals surface area (Å²) < 4.78 is 0. The number of hydrogen-bond acceptors (Lipinski definition) is 3. The Morgan fingerprint density at radius 2 is 1.72 bits per heavy atom. The van der Waals surface area contributed by atoms with Gasteiger partial charge in [-0.05, 0) is 24.3 Å². The molecule has 0 aliphatic carbocycles. The maximum atomic E-state index is 4.69. The molecule has 0 fully saturated rings. The van der Waals surface area contributed by atoms with Gasteiger partial charge in [-0.2, -0.15) is 0 Å². The molecule has 2 N–H and O–H groups in total. The summed E-state index contributed by atoms with van der Waals surface area (Å²) in [6.45, 7) is 0. The summed E-state index contributed by atoms with van der Waals surface area (Å²) >= 11 is 0. The topological polar surface area (TPSA) is 37.0 Å². The summed E-state index contributed by atoms with van der Waals surface area (Å²) in [4.78, 5) is 4.69. The lowest BCUT2D eigenvalue weighted by atomic mass is 10.1. The van der Waals surface area contributed by atoms with Crippen molar-refractivity contribution in [3.63, 3.8) is 0 Å². The fraction of sp³-hybridized carbons (Fsp3) is 0.133. The first-order valence-electron chi connectivity index (χ1n) is 6.01. The summed E-state index contributed by atoms with van der Waals surface area (Å²) in [5, 5.41) is 8.75. The second kappa shape index (κ2) is 4.18. The molecule has 3 nitrogen and oxygen atoms in total. The molecule has 0 atom stereocenters. The lowest BCUT2D eigenvalue weighted by Gasteiger charge is -2.12. The standard InChI is InChI=1S/C15H15N3/c1-16-14-8-7-13-11(15(14)17-2)9-10-5-3-4-6-12(10)18-13/h3-9,16-17H,1-2H3. The highest BCUT2D eigenvalue weighted by atomic mass is 14.9. The van der Waals surface area contributed by atoms with Crippen molar-refractivity contribution in [3.05, 3.63) is 42.5 Å². The van der Waals surface area contributed by atoms with E-state index in [0.717, 1.165) is 33.2 Å². The number of rotatable bonds is 2. The summed E-state index contributed by atoms with van der Waals surface area (Å²) in [5.74, 6) is 0. The van der Waals surface area contributed by atoms with Gasteiger partial charge in [0.2, 0.25) is 0 Å². The molecule has 90 valence electrons. The van der Waals surface area contributed by atoms with Gasteiger partial charge in [-0.1, -0.05) is 18.2 Å². The van der Waals surface area contributed by atoms with Gasteiger partial charge in [-0.3, -0.25) is 0 Å². The summed E-state index contributed by atoms with van der Waals surface area (Å²) in [5.41, 5.74) is 4.22. The Balaban J connectivity index is 2.42. The number of nitrogens with zero attached hydrogens (tertiary/aromatic N) is 1. The molecule has 0 saturated heterocycles. The summed E-state index contributed by atoms with van der Waals surface area (Å²) in [7, 11) is 3.86. The molecule has 0 saturated carbocycles. The monoisotopic (exact) mass is 237 g/mol. The Morgan fingerprint density at radius 1 is 0.889 bits per heavy atom. The van der Waals surface area contributed by atoms with E-state index in [9.17, 15) is 0 Å². The van der Waals surface area contributed by atoms with E-state index in [0.29, 0.717) is 0 Å². The fourth-order valence-electron chi connectivity index (χ4n) is 2.33. The zero-order valence-corrected chi connectivity index (χ0v) is 10.5. The minimum Gasteiger partial charge on any atom is -0.386 e. The number of para-hydroxylation sites is 1. The van der Waals surface area contributed by atoms with Gasteiger partial charge < -0.3 is 10.6 Å². The molecule has 0 amide bonds. The Hall–Kier alpha value is -2.29. The molecule has 0 unspecified atom stereocenters. The molecule has 0 radical (unpaired) electrons. The van der Waals surface area contributed by atoms with Gasteiger partial charge in [0.1, 0.15) is 0 Å². The van der Waals surface area contributed by atoms with E-state index in [1.54, 1.807) is 0 Å². The molecular weight excluding hydrogens is 222 g/mol. The molecule has 3 rings (SSSR count). The van der Waals surface area contributed by atoms with Crippen LogP contribution in [-0.4, -0.2) is 19.1 Å². The molecule has 0 aliphatic rings. The van der Waals surface area contributed by atoms with Crippen molar-refractivity contribution in [2.24, 2.45) is 0 Å². The summed E-state index contributed by atoms with van der Waals surface area (Å²) in [6.07, 6.45) is 0. The Morgan fingerprint density at radius 3 is 2.50 bits per heavy atom. The van der Waals surface area contributed by atoms with Crippen LogP contribution in [0.15, 0.2) is 42.5 Å². The van der Waals surface area contributed by atoms with Crippen LogP contribution in [0, 0.1) is 0 Å². The van der Waals surface area contributed by atoms with Crippen LogP contribution in [-0.2, 0) is 0 Å². The van der Waals surface area contributed by atoms with E-state index in [1.807, 2.05) is 32.3 Å². The van der Waals surface area contributed by atoms with Gasteiger partial charge in [0, 0.05) is 24.9 Å². The van der Waals surface area contributed by atoms with Crippen LogP contribution in [0.1, 0.15) is 0 Å². The van der Waals surface area contributed by atoms with E-state index < -0.39 is 0 Å². The van der Waals surface area contributed by atoms with E-state index in [2.05, 4.69) is 34.9 Å². The molecule has 0 aliphatic heterocycles. The van der Waals surface area contributed by atoms with Gasteiger partial charge in [-0.25, -0.2) is 4.98 Å². The highest BCUT2D eigenvalue weighted by Crippen LogP contribution is 2.32. The van der Waals surface area contributed by atoms with Gasteiger partial charge in [0.15, 0.2) is 0 Å². The van der Waals surface area contributed by atoms with E-state index in [-0.39, 0.29) is 0 Å². The third kappa shape index (κ3) is 1.56. The second-order valence-electron chi connectivity index (χ2n) is 4.24. The number of hydrogen-bond donors (Lipinski definition) is 2. The molecule has 1 heterocycles. The average Bonchev–Trinajstić information content (AvgIpc) is 2.43. The highest BCUT2D eigenvalue weighted by molar-refractivity contribution is 6.03. The van der Waals surface area contributed by atoms with Crippen LogP contribution in [0.4, 0.5) is 11.4 Å². The van der Waals surface area contributed by atoms with Crippen LogP contribution >= 0.6 is 0 Å². The molecular formula is C15H15N3. The predicted molar refractivity (Wildman–Crippen MR) is 78.3 cm³/mol. The molecule has 18 heavy (non-hydrogen) atoms. The van der Waals surface area contributed by atoms with E-state index >= 15 is 0 Å². The molecule has 0 bridgehead atoms. The van der Waals surface area contributed by atoms with Crippen LogP contribution in [0.5, 0.6) is 0 Å². The predicted octanol–water partition coefficient (Wildman–Crippen LogP) is 3.47. The number of anilines is 2. The Bertz CT molecular complexity index is 719. The number of aromatic nitrogens is 1. The largest absolute Gasteiger partial charge is 0.386 e. The molecule has 0 spiro atoms. The van der Waals surface area contributed by atoms with Crippen LogP contribution in [0.25, 0.3) is 21.8 Å². The second-order valence-corrected chi connectivity index (χ2v) is 4.24. The van der Waals surface area contributed by atoms with E-state index in [1.165, 1.54) is 0 Å². The Kier molecular flexibility index (Phi) is 2.52. The smallest absolute Gasteiger partial charge is 0.0732 e. The van der Waals surface area contributed by atoms with Gasteiger partial charge in [-0.15, -0.1) is 0 Å². The average molecular weight is 237 g/mol. The Labute approximate surface area is 106 Å². The first-order valence-corrected chi connectivity index (χ1v) is 6.01. The molecule has 3 heteroatoms. The van der Waals surface area contributed by atoms with Crippen molar-refractivity contribution in [3.8, 4) is 0 Å². The van der Waals surface area contributed by atoms with Gasteiger partial charge in [0.05, 0.1) is 22.4 Å². The third-order valence-electron chi connectivity index (χ3n) is 3.22. The minimum atomic E-state index is 1.01. The zero-order valence-electron chi connectivity index (χ0n) is 10.5. The normalized spacial score (nSPS) is 10.8. The van der Waals surface area contributed by atoms with Crippen molar-refractivity contribution in [2.45, 2.75) is 0 Å². The lowest BCUT2D eigenvalue weighted by Crippen LogP contribution is -1.98. The van der Waals surface area contributed by atoms with Crippen molar-refractivity contribution in [1.82, 2.24) is 4.98 Å². The maximum Gasteiger partial charge on any atom is 0.0732 e. The number of benzene rings is 2. The van der Waals surface area contributed by atoms with Crippen molar-refractivity contribution in [2.75, 3.05) is 24.7 Å². The highest BCUT2D eigenvalue weighted by Gasteiger charge is 2.07.